The normalized spacial score (nSPS) is 15.7. The van der Waals surface area contributed by atoms with Crippen LogP contribution in [0, 0.1) is 0 Å². The zero-order chi connectivity index (χ0) is 12.7. The number of halogens is 3. The molecule has 9 heteroatoms. The van der Waals surface area contributed by atoms with Gasteiger partial charge in [-0.25, -0.2) is 4.98 Å². The molecule has 0 saturated heterocycles. The lowest BCUT2D eigenvalue weighted by atomic mass is 10.2. The molecule has 0 fully saturated rings. The number of aryl methyl sites for hydroxylation is 1. The molecule has 1 aliphatic rings. The molecular formula is C8H6F3NO3S2. The number of nitrogens with zero attached hydrogens (tertiary/aromatic N) is 1. The molecule has 0 bridgehead atoms. The van der Waals surface area contributed by atoms with Gasteiger partial charge in [-0.05, 0) is 12.0 Å². The Kier molecular flexibility index (Phi) is 2.98. The topological polar surface area (TPSA) is 56.3 Å². The summed E-state index contributed by atoms with van der Waals surface area (Å²) in [4.78, 5) is 3.71. The summed E-state index contributed by atoms with van der Waals surface area (Å²) < 4.78 is 61.5. The number of rotatable bonds is 2. The van der Waals surface area contributed by atoms with Gasteiger partial charge in [-0.3, -0.25) is 0 Å². The first-order chi connectivity index (χ1) is 7.79. The number of thioether (sulfide) groups is 1. The van der Waals surface area contributed by atoms with Crippen molar-refractivity contribution in [1.82, 2.24) is 4.98 Å². The highest BCUT2D eigenvalue weighted by atomic mass is 32.2. The van der Waals surface area contributed by atoms with Gasteiger partial charge in [-0.2, -0.15) is 21.6 Å². The smallest absolute Gasteiger partial charge is 0.355 e. The van der Waals surface area contributed by atoms with E-state index in [0.717, 1.165) is 23.8 Å². The van der Waals surface area contributed by atoms with Crippen molar-refractivity contribution in [2.75, 3.05) is 5.75 Å². The molecule has 0 saturated carbocycles. The average Bonchev–Trinajstić information content (AvgIpc) is 2.62. The molecule has 0 atom stereocenters. The van der Waals surface area contributed by atoms with E-state index in [9.17, 15) is 21.6 Å². The molecule has 4 nitrogen and oxygen atoms in total. The monoisotopic (exact) mass is 285 g/mol. The van der Waals surface area contributed by atoms with E-state index >= 15 is 0 Å². The van der Waals surface area contributed by atoms with E-state index < -0.39 is 21.5 Å². The molecule has 94 valence electrons. The van der Waals surface area contributed by atoms with Crippen LogP contribution in [0.4, 0.5) is 13.2 Å². The fourth-order valence-corrected chi connectivity index (χ4v) is 2.67. The van der Waals surface area contributed by atoms with Gasteiger partial charge < -0.3 is 4.18 Å². The largest absolute Gasteiger partial charge is 0.534 e. The maximum Gasteiger partial charge on any atom is 0.534 e. The van der Waals surface area contributed by atoms with E-state index in [2.05, 4.69) is 9.17 Å². The molecule has 0 unspecified atom stereocenters. The van der Waals surface area contributed by atoms with Crippen molar-refractivity contribution >= 4 is 21.9 Å². The lowest BCUT2D eigenvalue weighted by molar-refractivity contribution is -0.0501. The number of fused-ring (bicyclic) bond motifs is 1. The van der Waals surface area contributed by atoms with Crippen LogP contribution >= 0.6 is 11.8 Å². The zero-order valence-electron chi connectivity index (χ0n) is 8.19. The average molecular weight is 285 g/mol. The Bertz CT molecular complexity index is 541. The zero-order valence-corrected chi connectivity index (χ0v) is 9.82. The van der Waals surface area contributed by atoms with Crippen LogP contribution in [0.25, 0.3) is 0 Å². The van der Waals surface area contributed by atoms with Crippen molar-refractivity contribution in [3.05, 3.63) is 17.7 Å². The standard InChI is InChI=1S/C8H6F3NO3S2/c9-8(10,11)17(13,14)15-6-2-1-5-3-4-16-7(5)12-6/h1-2H,3-4H2. The Hall–Kier alpha value is -0.960. The predicted octanol–water partition coefficient (Wildman–Crippen LogP) is 1.96. The van der Waals surface area contributed by atoms with Gasteiger partial charge in [0.2, 0.25) is 5.88 Å². The maximum atomic E-state index is 12.0. The third-order valence-corrected chi connectivity index (χ3v) is 3.99. The van der Waals surface area contributed by atoms with Crippen molar-refractivity contribution in [2.24, 2.45) is 0 Å². The van der Waals surface area contributed by atoms with E-state index in [-0.39, 0.29) is 0 Å². The highest BCUT2D eigenvalue weighted by Gasteiger charge is 2.48. The molecule has 1 aromatic rings. The Labute approximate surface area is 99.3 Å². The number of pyridine rings is 1. The van der Waals surface area contributed by atoms with Crippen LogP contribution in [-0.4, -0.2) is 24.7 Å². The van der Waals surface area contributed by atoms with Crippen LogP contribution in [0.15, 0.2) is 17.2 Å². The Morgan fingerprint density at radius 3 is 2.71 bits per heavy atom. The van der Waals surface area contributed by atoms with Gasteiger partial charge in [0.1, 0.15) is 5.03 Å². The minimum absolute atomic E-state index is 0.514. The SMILES string of the molecule is O=S(=O)(Oc1ccc2c(n1)SCC2)C(F)(F)F. The van der Waals surface area contributed by atoms with Crippen LogP contribution in [0.3, 0.4) is 0 Å². The second-order valence-corrected chi connectivity index (χ2v) is 5.82. The van der Waals surface area contributed by atoms with E-state index in [1.165, 1.54) is 17.8 Å². The first-order valence-electron chi connectivity index (χ1n) is 4.43. The lowest BCUT2D eigenvalue weighted by Gasteiger charge is -2.09. The van der Waals surface area contributed by atoms with Gasteiger partial charge in [0.25, 0.3) is 0 Å². The van der Waals surface area contributed by atoms with Gasteiger partial charge in [-0.1, -0.05) is 6.07 Å². The van der Waals surface area contributed by atoms with Gasteiger partial charge in [0, 0.05) is 11.8 Å². The van der Waals surface area contributed by atoms with Crippen LogP contribution < -0.4 is 4.18 Å². The maximum absolute atomic E-state index is 12.0. The summed E-state index contributed by atoms with van der Waals surface area (Å²) in [5, 5.41) is 0.514. The summed E-state index contributed by atoms with van der Waals surface area (Å²) in [7, 11) is -5.64. The Morgan fingerprint density at radius 1 is 1.35 bits per heavy atom. The molecule has 0 N–H and O–H groups in total. The summed E-state index contributed by atoms with van der Waals surface area (Å²) in [6, 6.07) is 2.64. The number of alkyl halides is 3. The van der Waals surface area contributed by atoms with Gasteiger partial charge in [0.15, 0.2) is 0 Å². The number of hydrogen-bond acceptors (Lipinski definition) is 5. The van der Waals surface area contributed by atoms with Crippen molar-refractivity contribution in [3.8, 4) is 5.88 Å². The fourth-order valence-electron chi connectivity index (χ4n) is 1.23. The van der Waals surface area contributed by atoms with Crippen molar-refractivity contribution in [3.63, 3.8) is 0 Å². The Balaban J connectivity index is 2.26. The minimum Gasteiger partial charge on any atom is -0.355 e. The second-order valence-electron chi connectivity index (χ2n) is 3.20. The van der Waals surface area contributed by atoms with E-state index in [0.29, 0.717) is 5.03 Å². The molecular weight excluding hydrogens is 279 g/mol. The molecule has 2 rings (SSSR count). The summed E-state index contributed by atoms with van der Waals surface area (Å²) in [6.07, 6.45) is 0.763. The van der Waals surface area contributed by atoms with E-state index in [4.69, 9.17) is 0 Å². The van der Waals surface area contributed by atoms with Crippen molar-refractivity contribution in [1.29, 1.82) is 0 Å². The highest BCUT2D eigenvalue weighted by molar-refractivity contribution is 7.99. The first-order valence-corrected chi connectivity index (χ1v) is 6.82. The van der Waals surface area contributed by atoms with Gasteiger partial charge in [0.05, 0.1) is 0 Å². The van der Waals surface area contributed by atoms with E-state index in [1.54, 1.807) is 0 Å². The van der Waals surface area contributed by atoms with Gasteiger partial charge >= 0.3 is 15.6 Å². The summed E-state index contributed by atoms with van der Waals surface area (Å²) >= 11 is 1.35. The minimum atomic E-state index is -5.64. The van der Waals surface area contributed by atoms with Crippen LogP contribution in [0.5, 0.6) is 5.88 Å². The van der Waals surface area contributed by atoms with E-state index in [1.807, 2.05) is 0 Å². The van der Waals surface area contributed by atoms with Crippen LogP contribution in [0.1, 0.15) is 5.56 Å². The third kappa shape index (κ3) is 2.49. The lowest BCUT2D eigenvalue weighted by Crippen LogP contribution is -2.28. The summed E-state index contributed by atoms with van der Waals surface area (Å²) in [5.41, 5.74) is -4.56. The van der Waals surface area contributed by atoms with Crippen molar-refractivity contribution < 1.29 is 25.8 Å². The van der Waals surface area contributed by atoms with Gasteiger partial charge in [-0.15, -0.1) is 11.8 Å². The molecule has 17 heavy (non-hydrogen) atoms. The predicted molar refractivity (Wildman–Crippen MR) is 54.3 cm³/mol. The van der Waals surface area contributed by atoms with Crippen LogP contribution in [-0.2, 0) is 16.5 Å². The first kappa shape index (κ1) is 12.5. The summed E-state index contributed by atoms with van der Waals surface area (Å²) in [5.74, 6) is 0.216. The molecule has 0 amide bonds. The second kappa shape index (κ2) is 4.05. The molecule has 1 aromatic heterocycles. The quantitative estimate of drug-likeness (QED) is 0.614. The van der Waals surface area contributed by atoms with Crippen molar-refractivity contribution in [2.45, 2.75) is 17.0 Å². The third-order valence-electron chi connectivity index (χ3n) is 2.00. The molecule has 0 aromatic carbocycles. The Morgan fingerprint density at radius 2 is 2.06 bits per heavy atom. The molecule has 0 spiro atoms. The molecule has 1 aliphatic heterocycles. The van der Waals surface area contributed by atoms with Crippen LogP contribution in [0.2, 0.25) is 0 Å². The molecule has 0 aliphatic carbocycles. The molecule has 2 heterocycles. The molecule has 0 radical (unpaired) electrons. The fraction of sp³-hybridized carbons (Fsp3) is 0.375. The number of hydrogen-bond donors (Lipinski definition) is 0. The number of aromatic nitrogens is 1. The summed E-state index contributed by atoms with van der Waals surface area (Å²) in [6.45, 7) is 0. The highest BCUT2D eigenvalue weighted by Crippen LogP contribution is 2.32.